The molecule has 1 aliphatic rings. The van der Waals surface area contributed by atoms with Gasteiger partial charge in [-0.3, -0.25) is 4.98 Å². The monoisotopic (exact) mass is 279 g/mol. The number of aromatic nitrogens is 1. The number of halogens is 1. The summed E-state index contributed by atoms with van der Waals surface area (Å²) in [6, 6.07) is 0.637. The first-order valence-corrected chi connectivity index (χ1v) is 6.55. The Bertz CT molecular complexity index is 507. The van der Waals surface area contributed by atoms with Gasteiger partial charge in [-0.1, -0.05) is 12.2 Å². The average molecular weight is 279 g/mol. The molecule has 0 unspecified atom stereocenters. The van der Waals surface area contributed by atoms with Crippen LogP contribution in [0, 0.1) is 11.7 Å². The second-order valence-corrected chi connectivity index (χ2v) is 4.91. The van der Waals surface area contributed by atoms with E-state index in [0.717, 1.165) is 6.20 Å². The number of urea groups is 1. The number of hydrogen-bond donors (Lipinski definition) is 3. The first-order chi connectivity index (χ1) is 9.60. The zero-order valence-corrected chi connectivity index (χ0v) is 11.2. The maximum atomic E-state index is 13.5. The van der Waals surface area contributed by atoms with Crippen LogP contribution < -0.4 is 10.6 Å². The summed E-state index contributed by atoms with van der Waals surface area (Å²) >= 11 is 0. The number of rotatable bonds is 4. The number of hydrogen-bond acceptors (Lipinski definition) is 3. The first kappa shape index (κ1) is 14.5. The zero-order valence-electron chi connectivity index (χ0n) is 11.2. The summed E-state index contributed by atoms with van der Waals surface area (Å²) in [5, 5.41) is 14.5. The van der Waals surface area contributed by atoms with E-state index in [0.29, 0.717) is 12.0 Å². The number of nitrogens with one attached hydrogen (secondary N) is 2. The van der Waals surface area contributed by atoms with Gasteiger partial charge in [0, 0.05) is 30.3 Å². The highest BCUT2D eigenvalue weighted by atomic mass is 19.1. The molecule has 2 rings (SSSR count). The van der Waals surface area contributed by atoms with E-state index in [9.17, 15) is 9.18 Å². The Balaban J connectivity index is 1.86. The largest absolute Gasteiger partial charge is 0.396 e. The fourth-order valence-electron chi connectivity index (χ4n) is 2.24. The molecule has 0 bridgehead atoms. The number of pyridine rings is 1. The second-order valence-electron chi connectivity index (χ2n) is 4.91. The van der Waals surface area contributed by atoms with E-state index in [-0.39, 0.29) is 24.6 Å². The van der Waals surface area contributed by atoms with Crippen molar-refractivity contribution >= 4 is 6.03 Å². The highest BCUT2D eigenvalue weighted by Crippen LogP contribution is 2.18. The van der Waals surface area contributed by atoms with Crippen LogP contribution in [0.1, 0.15) is 24.9 Å². The van der Waals surface area contributed by atoms with Crippen molar-refractivity contribution < 1.29 is 14.3 Å². The molecule has 0 spiro atoms. The summed E-state index contributed by atoms with van der Waals surface area (Å²) in [5.41, 5.74) is 0.394. The van der Waals surface area contributed by atoms with E-state index < -0.39 is 11.9 Å². The van der Waals surface area contributed by atoms with Crippen LogP contribution in [0.15, 0.2) is 30.6 Å². The van der Waals surface area contributed by atoms with Crippen LogP contribution in [0.5, 0.6) is 0 Å². The third-order valence-electron chi connectivity index (χ3n) is 3.34. The van der Waals surface area contributed by atoms with Gasteiger partial charge in [-0.2, -0.15) is 0 Å². The van der Waals surface area contributed by atoms with Crippen LogP contribution >= 0.6 is 0 Å². The fourth-order valence-corrected chi connectivity index (χ4v) is 2.24. The van der Waals surface area contributed by atoms with Crippen molar-refractivity contribution in [1.29, 1.82) is 0 Å². The number of nitrogens with zero attached hydrogens (tertiary/aromatic N) is 1. The molecule has 0 saturated carbocycles. The molecule has 20 heavy (non-hydrogen) atoms. The van der Waals surface area contributed by atoms with Gasteiger partial charge in [-0.05, 0) is 19.4 Å². The van der Waals surface area contributed by atoms with Crippen LogP contribution in [0.2, 0.25) is 0 Å². The molecule has 0 fully saturated rings. The molecule has 1 aromatic heterocycles. The molecule has 0 saturated heterocycles. The molecule has 3 atom stereocenters. The standard InChI is InChI=1S/C14H18FN3O2/c1-9(12-4-5-16-7-13(12)15)17-14(20)18-11-3-2-10(6-11)8-19/h2-5,7,9-11,19H,6,8H2,1H3,(H2,17,18,20)/t9-,10-,11+/m0/s1. The lowest BCUT2D eigenvalue weighted by molar-refractivity contribution is 0.229. The number of aliphatic hydroxyl groups is 1. The van der Waals surface area contributed by atoms with Gasteiger partial charge in [-0.25, -0.2) is 9.18 Å². The molecule has 0 aliphatic heterocycles. The van der Waals surface area contributed by atoms with E-state index in [1.807, 2.05) is 12.2 Å². The van der Waals surface area contributed by atoms with Crippen molar-refractivity contribution in [2.24, 2.45) is 5.92 Å². The van der Waals surface area contributed by atoms with Crippen LogP contribution in [0.25, 0.3) is 0 Å². The quantitative estimate of drug-likeness (QED) is 0.732. The maximum Gasteiger partial charge on any atom is 0.315 e. The van der Waals surface area contributed by atoms with Crippen molar-refractivity contribution in [1.82, 2.24) is 15.6 Å². The summed E-state index contributed by atoms with van der Waals surface area (Å²) in [4.78, 5) is 15.5. The normalized spacial score (nSPS) is 22.6. The van der Waals surface area contributed by atoms with Gasteiger partial charge in [-0.15, -0.1) is 0 Å². The Morgan fingerprint density at radius 2 is 2.40 bits per heavy atom. The van der Waals surface area contributed by atoms with Crippen molar-refractivity contribution in [3.63, 3.8) is 0 Å². The Kier molecular flexibility index (Phi) is 4.68. The number of carbonyl (C=O) groups is 1. The van der Waals surface area contributed by atoms with E-state index in [2.05, 4.69) is 15.6 Å². The fraction of sp³-hybridized carbons (Fsp3) is 0.429. The predicted molar refractivity (Wildman–Crippen MR) is 72.4 cm³/mol. The van der Waals surface area contributed by atoms with Crippen LogP contribution in [0.4, 0.5) is 9.18 Å². The minimum absolute atomic E-state index is 0.0783. The van der Waals surface area contributed by atoms with E-state index >= 15 is 0 Å². The van der Waals surface area contributed by atoms with Crippen molar-refractivity contribution in [3.8, 4) is 0 Å². The summed E-state index contributed by atoms with van der Waals surface area (Å²) in [6.07, 6.45) is 7.04. The molecular formula is C14H18FN3O2. The van der Waals surface area contributed by atoms with Crippen molar-refractivity contribution in [3.05, 3.63) is 42.0 Å². The molecule has 0 radical (unpaired) electrons. The zero-order chi connectivity index (χ0) is 14.5. The molecule has 6 heteroatoms. The predicted octanol–water partition coefficient (Wildman–Crippen LogP) is 1.52. The molecule has 1 aromatic rings. The van der Waals surface area contributed by atoms with Gasteiger partial charge in [0.2, 0.25) is 0 Å². The minimum atomic E-state index is -0.447. The van der Waals surface area contributed by atoms with Crippen molar-refractivity contribution in [2.45, 2.75) is 25.4 Å². The van der Waals surface area contributed by atoms with Crippen molar-refractivity contribution in [2.75, 3.05) is 6.61 Å². The number of amides is 2. The van der Waals surface area contributed by atoms with E-state index in [4.69, 9.17) is 5.11 Å². The number of carbonyl (C=O) groups excluding carboxylic acids is 1. The summed E-state index contributed by atoms with van der Waals surface area (Å²) < 4.78 is 13.5. The Morgan fingerprint density at radius 3 is 3.05 bits per heavy atom. The third-order valence-corrected chi connectivity index (χ3v) is 3.34. The van der Waals surface area contributed by atoms with Gasteiger partial charge in [0.25, 0.3) is 0 Å². The summed E-state index contributed by atoms with van der Waals surface area (Å²) in [5.74, 6) is -0.350. The maximum absolute atomic E-state index is 13.5. The van der Waals surface area contributed by atoms with Gasteiger partial charge in [0.15, 0.2) is 0 Å². The van der Waals surface area contributed by atoms with E-state index in [1.165, 1.54) is 12.3 Å². The second kappa shape index (κ2) is 6.47. The molecule has 1 aliphatic carbocycles. The van der Waals surface area contributed by atoms with Crippen LogP contribution in [0.3, 0.4) is 0 Å². The molecule has 2 amide bonds. The summed E-state index contributed by atoms with van der Waals surface area (Å²) in [7, 11) is 0. The molecular weight excluding hydrogens is 261 g/mol. The van der Waals surface area contributed by atoms with Gasteiger partial charge < -0.3 is 15.7 Å². The van der Waals surface area contributed by atoms with Gasteiger partial charge >= 0.3 is 6.03 Å². The Morgan fingerprint density at radius 1 is 1.60 bits per heavy atom. The molecule has 5 nitrogen and oxygen atoms in total. The van der Waals surface area contributed by atoms with Crippen LogP contribution in [-0.4, -0.2) is 28.8 Å². The SMILES string of the molecule is C[C@H](NC(=O)N[C@@H]1C=C[C@H](CO)C1)c1ccncc1F. The highest BCUT2D eigenvalue weighted by Gasteiger charge is 2.21. The first-order valence-electron chi connectivity index (χ1n) is 6.55. The molecule has 108 valence electrons. The smallest absolute Gasteiger partial charge is 0.315 e. The molecule has 1 heterocycles. The van der Waals surface area contributed by atoms with Gasteiger partial charge in [0.05, 0.1) is 12.2 Å². The lowest BCUT2D eigenvalue weighted by Crippen LogP contribution is -2.42. The molecule has 0 aromatic carbocycles. The summed E-state index contributed by atoms with van der Waals surface area (Å²) in [6.45, 7) is 1.79. The van der Waals surface area contributed by atoms with Crippen LogP contribution in [-0.2, 0) is 0 Å². The minimum Gasteiger partial charge on any atom is -0.396 e. The van der Waals surface area contributed by atoms with E-state index in [1.54, 1.807) is 6.92 Å². The average Bonchev–Trinajstić information content (AvgIpc) is 2.86. The Hall–Kier alpha value is -1.95. The number of aliphatic hydroxyl groups excluding tert-OH is 1. The topological polar surface area (TPSA) is 74.2 Å². The lowest BCUT2D eigenvalue weighted by Gasteiger charge is -2.18. The Labute approximate surface area is 116 Å². The van der Waals surface area contributed by atoms with Gasteiger partial charge in [0.1, 0.15) is 5.82 Å². The highest BCUT2D eigenvalue weighted by molar-refractivity contribution is 5.75. The lowest BCUT2D eigenvalue weighted by atomic mass is 10.1. The molecule has 3 N–H and O–H groups in total. The third kappa shape index (κ3) is 3.54.